The van der Waals surface area contributed by atoms with Crippen LogP contribution in [0, 0.1) is 0 Å². The molecule has 0 bridgehead atoms. The van der Waals surface area contributed by atoms with Gasteiger partial charge < -0.3 is 10.1 Å². The summed E-state index contributed by atoms with van der Waals surface area (Å²) in [5, 5.41) is 2.91. The summed E-state index contributed by atoms with van der Waals surface area (Å²) >= 11 is 0. The predicted octanol–water partition coefficient (Wildman–Crippen LogP) is 3.55. The highest BCUT2D eigenvalue weighted by molar-refractivity contribution is 5.96. The van der Waals surface area contributed by atoms with E-state index in [1.165, 1.54) is 5.56 Å². The van der Waals surface area contributed by atoms with Crippen molar-refractivity contribution in [2.45, 2.75) is 65.0 Å². The van der Waals surface area contributed by atoms with Crippen LogP contribution in [0.25, 0.3) is 0 Å². The summed E-state index contributed by atoms with van der Waals surface area (Å²) in [5.74, 6) is -0.0407. The second kappa shape index (κ2) is 8.00. The number of hydrogen-bond donors (Lipinski definition) is 1. The molecule has 1 aromatic rings. The number of cyclic esters (lactones) is 1. The van der Waals surface area contributed by atoms with Crippen LogP contribution >= 0.6 is 0 Å². The first kappa shape index (κ1) is 19.4. The fraction of sp³-hybridized carbons (Fsp3) is 0.600. The molecule has 1 heterocycles. The molecule has 1 aliphatic heterocycles. The number of hydrogen-bond acceptors (Lipinski definition) is 4. The maximum atomic E-state index is 12.6. The van der Waals surface area contributed by atoms with E-state index < -0.39 is 5.54 Å². The van der Waals surface area contributed by atoms with Crippen molar-refractivity contribution in [2.24, 2.45) is 0 Å². The molecule has 1 amide bonds. The molecule has 1 aromatic carbocycles. The molecule has 0 aromatic heterocycles. The van der Waals surface area contributed by atoms with Crippen molar-refractivity contribution in [1.29, 1.82) is 0 Å². The Morgan fingerprint density at radius 1 is 1.36 bits per heavy atom. The number of benzene rings is 1. The quantitative estimate of drug-likeness (QED) is 0.800. The molecule has 0 aliphatic carbocycles. The minimum absolute atomic E-state index is 0.0854. The van der Waals surface area contributed by atoms with E-state index in [1.807, 2.05) is 38.1 Å². The minimum Gasteiger partial charge on any atom is -0.463 e. The van der Waals surface area contributed by atoms with E-state index in [2.05, 4.69) is 31.0 Å². The molecule has 1 fully saturated rings. The first-order chi connectivity index (χ1) is 11.8. The Balaban J connectivity index is 2.09. The molecule has 0 radical (unpaired) electrons. The molecule has 1 saturated heterocycles. The fourth-order valence-electron chi connectivity index (χ4n) is 3.40. The highest BCUT2D eigenvalue weighted by atomic mass is 16.5. The standard InChI is InChI=1S/C20H30N2O3/c1-6-11-22-15(4)13-25-19(24)20(22,5)12-18(23)21-17-9-7-16(8-10-17)14(2)3/h7-10,14-15H,6,11-13H2,1-5H3,(H,21,23). The number of carbonyl (C=O) groups excluding carboxylic acids is 2. The van der Waals surface area contributed by atoms with Gasteiger partial charge in [0.05, 0.1) is 6.42 Å². The number of rotatable bonds is 6. The van der Waals surface area contributed by atoms with Gasteiger partial charge in [-0.05, 0) is 50.4 Å². The van der Waals surface area contributed by atoms with Gasteiger partial charge in [0.25, 0.3) is 0 Å². The molecule has 138 valence electrons. The predicted molar refractivity (Wildman–Crippen MR) is 99.6 cm³/mol. The molecular formula is C20H30N2O3. The van der Waals surface area contributed by atoms with Crippen LogP contribution in [0.4, 0.5) is 5.69 Å². The molecule has 5 nitrogen and oxygen atoms in total. The van der Waals surface area contributed by atoms with Gasteiger partial charge in [-0.1, -0.05) is 32.9 Å². The van der Waals surface area contributed by atoms with E-state index in [9.17, 15) is 9.59 Å². The van der Waals surface area contributed by atoms with E-state index in [0.717, 1.165) is 18.7 Å². The van der Waals surface area contributed by atoms with Crippen LogP contribution in [0.15, 0.2) is 24.3 Å². The minimum atomic E-state index is -0.921. The lowest BCUT2D eigenvalue weighted by Gasteiger charge is -2.46. The topological polar surface area (TPSA) is 58.6 Å². The average Bonchev–Trinajstić information content (AvgIpc) is 2.56. The molecule has 1 N–H and O–H groups in total. The summed E-state index contributed by atoms with van der Waals surface area (Å²) in [6, 6.07) is 7.95. The number of ether oxygens (including phenoxy) is 1. The van der Waals surface area contributed by atoms with Crippen LogP contribution in [0.2, 0.25) is 0 Å². The number of anilines is 1. The first-order valence-corrected chi connectivity index (χ1v) is 9.11. The van der Waals surface area contributed by atoms with E-state index in [1.54, 1.807) is 0 Å². The number of carbonyl (C=O) groups is 2. The first-order valence-electron chi connectivity index (χ1n) is 9.11. The SMILES string of the molecule is CCCN1C(C)COC(=O)C1(C)CC(=O)Nc1ccc(C(C)C)cc1. The second-order valence-corrected chi connectivity index (χ2v) is 7.42. The van der Waals surface area contributed by atoms with Gasteiger partial charge in [-0.2, -0.15) is 0 Å². The molecule has 25 heavy (non-hydrogen) atoms. The Bertz CT molecular complexity index is 612. The fourth-order valence-corrected chi connectivity index (χ4v) is 3.40. The van der Waals surface area contributed by atoms with Gasteiger partial charge in [0.2, 0.25) is 5.91 Å². The van der Waals surface area contributed by atoms with Crippen LogP contribution in [0.3, 0.4) is 0 Å². The number of esters is 1. The maximum Gasteiger partial charge on any atom is 0.326 e. The monoisotopic (exact) mass is 346 g/mol. The van der Waals surface area contributed by atoms with Gasteiger partial charge in [-0.3, -0.25) is 14.5 Å². The van der Waals surface area contributed by atoms with Gasteiger partial charge >= 0.3 is 5.97 Å². The van der Waals surface area contributed by atoms with E-state index in [4.69, 9.17) is 4.74 Å². The molecule has 2 atom stereocenters. The molecular weight excluding hydrogens is 316 g/mol. The molecule has 5 heteroatoms. The van der Waals surface area contributed by atoms with Gasteiger partial charge in [-0.25, -0.2) is 0 Å². The van der Waals surface area contributed by atoms with Crippen molar-refractivity contribution in [3.05, 3.63) is 29.8 Å². The van der Waals surface area contributed by atoms with Crippen molar-refractivity contribution >= 4 is 17.6 Å². The average molecular weight is 346 g/mol. The van der Waals surface area contributed by atoms with Gasteiger partial charge in [0, 0.05) is 11.7 Å². The number of nitrogens with one attached hydrogen (secondary N) is 1. The molecule has 2 rings (SSSR count). The Labute approximate surface area is 150 Å². The summed E-state index contributed by atoms with van der Waals surface area (Å²) in [6.07, 6.45) is 1.01. The molecule has 0 saturated carbocycles. The van der Waals surface area contributed by atoms with Gasteiger partial charge in [0.15, 0.2) is 0 Å². The summed E-state index contributed by atoms with van der Waals surface area (Å²) in [4.78, 5) is 27.1. The van der Waals surface area contributed by atoms with Crippen molar-refractivity contribution in [2.75, 3.05) is 18.5 Å². The van der Waals surface area contributed by atoms with Crippen molar-refractivity contribution in [3.8, 4) is 0 Å². The zero-order chi connectivity index (χ0) is 18.6. The number of nitrogens with zero attached hydrogens (tertiary/aromatic N) is 1. The molecule has 0 spiro atoms. The summed E-state index contributed by atoms with van der Waals surface area (Å²) in [5.41, 5.74) is 1.05. The van der Waals surface area contributed by atoms with Crippen LogP contribution < -0.4 is 5.32 Å². The number of amides is 1. The largest absolute Gasteiger partial charge is 0.463 e. The molecule has 2 unspecified atom stereocenters. The lowest BCUT2D eigenvalue weighted by atomic mass is 9.91. The Hall–Kier alpha value is -1.88. The van der Waals surface area contributed by atoms with Crippen LogP contribution in [-0.4, -0.2) is 41.5 Å². The number of morpholine rings is 1. The smallest absolute Gasteiger partial charge is 0.326 e. The van der Waals surface area contributed by atoms with E-state index in [-0.39, 0.29) is 24.3 Å². The van der Waals surface area contributed by atoms with Crippen molar-refractivity contribution in [1.82, 2.24) is 4.90 Å². The zero-order valence-corrected chi connectivity index (χ0v) is 16.0. The molecule has 1 aliphatic rings. The normalized spacial score (nSPS) is 24.2. The summed E-state index contributed by atoms with van der Waals surface area (Å²) in [6.45, 7) is 11.3. The summed E-state index contributed by atoms with van der Waals surface area (Å²) in [7, 11) is 0. The van der Waals surface area contributed by atoms with Crippen LogP contribution in [0.1, 0.15) is 58.9 Å². The lowest BCUT2D eigenvalue weighted by molar-refractivity contribution is -0.174. The third-order valence-electron chi connectivity index (χ3n) is 4.89. The summed E-state index contributed by atoms with van der Waals surface area (Å²) < 4.78 is 5.31. The Morgan fingerprint density at radius 2 is 2.00 bits per heavy atom. The maximum absolute atomic E-state index is 12.6. The van der Waals surface area contributed by atoms with E-state index >= 15 is 0 Å². The van der Waals surface area contributed by atoms with Crippen LogP contribution in [-0.2, 0) is 14.3 Å². The highest BCUT2D eigenvalue weighted by Crippen LogP contribution is 2.29. The third kappa shape index (κ3) is 4.40. The Morgan fingerprint density at radius 3 is 2.56 bits per heavy atom. The van der Waals surface area contributed by atoms with Crippen LogP contribution in [0.5, 0.6) is 0 Å². The van der Waals surface area contributed by atoms with Crippen molar-refractivity contribution in [3.63, 3.8) is 0 Å². The van der Waals surface area contributed by atoms with Gasteiger partial charge in [-0.15, -0.1) is 0 Å². The zero-order valence-electron chi connectivity index (χ0n) is 16.0. The van der Waals surface area contributed by atoms with E-state index in [0.29, 0.717) is 12.5 Å². The second-order valence-electron chi connectivity index (χ2n) is 7.42. The highest BCUT2D eigenvalue weighted by Gasteiger charge is 2.47. The third-order valence-corrected chi connectivity index (χ3v) is 4.89. The lowest BCUT2D eigenvalue weighted by Crippen LogP contribution is -2.63. The van der Waals surface area contributed by atoms with Gasteiger partial charge in [0.1, 0.15) is 12.1 Å². The Kier molecular flexibility index (Phi) is 6.22. The van der Waals surface area contributed by atoms with Crippen molar-refractivity contribution < 1.29 is 14.3 Å².